The van der Waals surface area contributed by atoms with Crippen molar-refractivity contribution in [2.45, 2.75) is 46.4 Å². The minimum absolute atomic E-state index is 0.414. The van der Waals surface area contributed by atoms with E-state index < -0.39 is 6.35 Å². The first-order valence-corrected chi connectivity index (χ1v) is 7.44. The van der Waals surface area contributed by atoms with Crippen molar-refractivity contribution in [2.75, 3.05) is 33.3 Å². The maximum atomic E-state index is 8.35. The van der Waals surface area contributed by atoms with Crippen molar-refractivity contribution >= 4 is 6.35 Å². The van der Waals surface area contributed by atoms with Gasteiger partial charge in [-0.25, -0.2) is 10.5 Å². The van der Waals surface area contributed by atoms with Gasteiger partial charge in [-0.2, -0.15) is 0 Å². The van der Waals surface area contributed by atoms with Gasteiger partial charge in [-0.05, 0) is 20.0 Å². The van der Waals surface area contributed by atoms with Gasteiger partial charge < -0.3 is 9.14 Å². The molecule has 0 atom stereocenters. The van der Waals surface area contributed by atoms with Crippen LogP contribution >= 0.6 is 0 Å². The van der Waals surface area contributed by atoms with E-state index in [2.05, 4.69) is 14.0 Å². The largest absolute Gasteiger partial charge is 0.568 e. The molecule has 1 rings (SSSR count). The topological polar surface area (TPSA) is 56.8 Å². The highest BCUT2D eigenvalue weighted by Gasteiger charge is 2.25. The normalized spacial score (nSPS) is 16.9. The molecule has 1 aliphatic rings. The highest BCUT2D eigenvalue weighted by atomic mass is 16.4. The van der Waals surface area contributed by atoms with Crippen molar-refractivity contribution in [3.05, 3.63) is 0 Å². The summed E-state index contributed by atoms with van der Waals surface area (Å²) in [4.78, 5) is 0. The van der Waals surface area contributed by atoms with Gasteiger partial charge in [0.05, 0.1) is 26.7 Å². The molecule has 0 aromatic carbocycles. The number of nitrogens with zero attached hydrogens (tertiary/aromatic N) is 3. The number of nitriles is 2. The van der Waals surface area contributed by atoms with Gasteiger partial charge in [0, 0.05) is 12.8 Å². The molecule has 1 saturated heterocycles. The third-order valence-corrected chi connectivity index (χ3v) is 3.69. The Kier molecular flexibility index (Phi) is 8.47. The second-order valence-electron chi connectivity index (χ2n) is 5.76. The summed E-state index contributed by atoms with van der Waals surface area (Å²) in [7, 11) is 2.41. The Labute approximate surface area is 118 Å². The molecule has 0 saturated carbocycles. The van der Waals surface area contributed by atoms with Crippen molar-refractivity contribution in [2.24, 2.45) is 0 Å². The third-order valence-electron chi connectivity index (χ3n) is 3.69. The summed E-state index contributed by atoms with van der Waals surface area (Å²) in [5.74, 6) is 3.62. The molecule has 108 valence electrons. The molecule has 0 aromatic rings. The number of rotatable bonds is 5. The average Bonchev–Trinajstić information content (AvgIpc) is 2.85. The second-order valence-corrected chi connectivity index (χ2v) is 5.76. The number of hydrogen-bond acceptors (Lipinski definition) is 3. The zero-order valence-corrected chi connectivity index (χ0v) is 13.0. The molecule has 19 heavy (non-hydrogen) atoms. The minimum Gasteiger partial charge on any atom is -0.568 e. The van der Waals surface area contributed by atoms with Gasteiger partial charge in [-0.1, -0.05) is 13.3 Å². The van der Waals surface area contributed by atoms with Gasteiger partial charge in [0.1, 0.15) is 0 Å². The van der Waals surface area contributed by atoms with Crippen molar-refractivity contribution < 1.29 is 9.14 Å². The lowest BCUT2D eigenvalue weighted by atomic mass is 9.45. The molecule has 0 N–H and O–H groups in total. The van der Waals surface area contributed by atoms with Crippen molar-refractivity contribution in [1.29, 1.82) is 10.5 Å². The quantitative estimate of drug-likeness (QED) is 0.567. The van der Waals surface area contributed by atoms with E-state index in [-0.39, 0.29) is 0 Å². The van der Waals surface area contributed by atoms with Crippen molar-refractivity contribution in [1.82, 2.24) is 0 Å². The van der Waals surface area contributed by atoms with Gasteiger partial charge in [0.25, 0.3) is 0 Å². The molecule has 0 spiro atoms. The predicted molar refractivity (Wildman–Crippen MR) is 79.4 cm³/mol. The Bertz CT molecular complexity index is 313. The number of unbranched alkanes of at least 4 members (excludes halogenated alkanes) is 1. The minimum atomic E-state index is -1.85. The molecule has 0 radical (unpaired) electrons. The molecular formula is C14H28BN3O. The lowest BCUT2D eigenvalue weighted by molar-refractivity contribution is -0.897. The third kappa shape index (κ3) is 7.20. The van der Waals surface area contributed by atoms with Crippen molar-refractivity contribution in [3.8, 4) is 11.9 Å². The van der Waals surface area contributed by atoms with Crippen LogP contribution in [-0.2, 0) is 4.65 Å². The summed E-state index contributed by atoms with van der Waals surface area (Å²) in [5, 5.41) is 16.7. The van der Waals surface area contributed by atoms with Gasteiger partial charge in [-0.3, -0.25) is 0 Å². The van der Waals surface area contributed by atoms with E-state index in [0.717, 1.165) is 0 Å². The lowest BCUT2D eigenvalue weighted by Crippen LogP contribution is -2.41. The van der Waals surface area contributed by atoms with E-state index in [4.69, 9.17) is 15.2 Å². The SMILES string of the molecule is CCCC[N+]1(C)CCCC1.CCO[B-](C)(C#N)C#N. The van der Waals surface area contributed by atoms with E-state index in [1.165, 1.54) is 56.6 Å². The highest BCUT2D eigenvalue weighted by molar-refractivity contribution is 6.86. The average molecular weight is 265 g/mol. The first kappa shape index (κ1) is 18.0. The zero-order valence-electron chi connectivity index (χ0n) is 13.0. The van der Waals surface area contributed by atoms with Crippen LogP contribution in [0.5, 0.6) is 0 Å². The Morgan fingerprint density at radius 3 is 2.00 bits per heavy atom. The van der Waals surface area contributed by atoms with E-state index in [1.807, 2.05) is 11.9 Å². The fraction of sp³-hybridized carbons (Fsp3) is 0.857. The van der Waals surface area contributed by atoms with Crippen LogP contribution in [0.3, 0.4) is 0 Å². The summed E-state index contributed by atoms with van der Waals surface area (Å²) < 4.78 is 6.22. The van der Waals surface area contributed by atoms with Gasteiger partial charge in [0.15, 0.2) is 0 Å². The van der Waals surface area contributed by atoms with Gasteiger partial charge in [0.2, 0.25) is 0 Å². The van der Waals surface area contributed by atoms with E-state index >= 15 is 0 Å². The Hall–Kier alpha value is -1.04. The highest BCUT2D eigenvalue weighted by Crippen LogP contribution is 2.16. The number of likely N-dealkylation sites (tertiary alicyclic amines) is 1. The van der Waals surface area contributed by atoms with Crippen LogP contribution in [0.4, 0.5) is 0 Å². The predicted octanol–water partition coefficient (Wildman–Crippen LogP) is 2.75. The fourth-order valence-electron chi connectivity index (χ4n) is 2.30. The molecule has 1 fully saturated rings. The van der Waals surface area contributed by atoms with Crippen LogP contribution in [0.15, 0.2) is 0 Å². The molecule has 1 heterocycles. The number of hydrogen-bond donors (Lipinski definition) is 0. The lowest BCUT2D eigenvalue weighted by Gasteiger charge is -2.28. The van der Waals surface area contributed by atoms with Gasteiger partial charge in [-0.15, -0.1) is 18.8 Å². The van der Waals surface area contributed by atoms with Crippen LogP contribution in [-0.4, -0.2) is 44.1 Å². The van der Waals surface area contributed by atoms with Gasteiger partial charge >= 0.3 is 6.35 Å². The summed E-state index contributed by atoms with van der Waals surface area (Å²) in [5.41, 5.74) is 0. The van der Waals surface area contributed by atoms with Crippen LogP contribution in [0.2, 0.25) is 6.82 Å². The summed E-state index contributed by atoms with van der Waals surface area (Å²) >= 11 is 0. The maximum Gasteiger partial charge on any atom is 0.312 e. The fourth-order valence-corrected chi connectivity index (χ4v) is 2.30. The molecular weight excluding hydrogens is 237 g/mol. The molecule has 0 amide bonds. The first-order valence-electron chi connectivity index (χ1n) is 7.44. The molecule has 4 nitrogen and oxygen atoms in total. The molecule has 0 unspecified atom stereocenters. The molecule has 0 aromatic heterocycles. The van der Waals surface area contributed by atoms with E-state index in [9.17, 15) is 0 Å². The Morgan fingerprint density at radius 2 is 1.68 bits per heavy atom. The van der Waals surface area contributed by atoms with Crippen LogP contribution < -0.4 is 0 Å². The second kappa shape index (κ2) is 8.96. The molecule has 0 aliphatic carbocycles. The maximum absolute atomic E-state index is 8.35. The molecule has 1 aliphatic heterocycles. The van der Waals surface area contributed by atoms with Crippen molar-refractivity contribution in [3.63, 3.8) is 0 Å². The smallest absolute Gasteiger partial charge is 0.312 e. The first-order chi connectivity index (χ1) is 8.95. The summed E-state index contributed by atoms with van der Waals surface area (Å²) in [6.45, 7) is 10.2. The Balaban J connectivity index is 0.000000344. The summed E-state index contributed by atoms with van der Waals surface area (Å²) in [6, 6.07) is 0. The molecule has 0 bridgehead atoms. The standard InChI is InChI=1S/C9H20N.C5H8BN2O/c1-3-4-7-10(2)8-5-6-9-10;1-3-9-6(2,4-7)5-8/h3-9H2,1-2H3;3H2,1-2H3/q+1;-1. The van der Waals surface area contributed by atoms with Crippen LogP contribution in [0.1, 0.15) is 39.5 Å². The van der Waals surface area contributed by atoms with E-state index in [0.29, 0.717) is 6.61 Å². The zero-order chi connectivity index (χ0) is 14.8. The van der Waals surface area contributed by atoms with Crippen LogP contribution in [0, 0.1) is 22.5 Å². The monoisotopic (exact) mass is 265 g/mol. The number of quaternary nitrogens is 1. The molecule has 5 heteroatoms. The summed E-state index contributed by atoms with van der Waals surface area (Å²) in [6.07, 6.45) is 3.83. The van der Waals surface area contributed by atoms with E-state index in [1.54, 1.807) is 6.92 Å². The Morgan fingerprint density at radius 1 is 1.16 bits per heavy atom. The van der Waals surface area contributed by atoms with Crippen LogP contribution in [0.25, 0.3) is 0 Å².